The normalized spacial score (nSPS) is 17.0. The van der Waals surface area contributed by atoms with Gasteiger partial charge in [0, 0.05) is 37.1 Å². The molecule has 1 saturated heterocycles. The minimum absolute atomic E-state index is 0.0850. The van der Waals surface area contributed by atoms with E-state index in [0.717, 1.165) is 32.6 Å². The van der Waals surface area contributed by atoms with Crippen molar-refractivity contribution in [3.8, 4) is 0 Å². The molecule has 1 fully saturated rings. The Bertz CT molecular complexity index is 626. The average molecular weight is 299 g/mol. The second-order valence-corrected chi connectivity index (χ2v) is 6.33. The fraction of sp³-hybridized carbons (Fsp3) is 0.500. The van der Waals surface area contributed by atoms with Crippen LogP contribution in [0.5, 0.6) is 0 Å². The number of carbonyl (C=O) groups is 1. The summed E-state index contributed by atoms with van der Waals surface area (Å²) in [7, 11) is 0. The first-order valence-electron chi connectivity index (χ1n) is 8.24. The van der Waals surface area contributed by atoms with Gasteiger partial charge in [-0.3, -0.25) is 4.79 Å². The Hall–Kier alpha value is -1.81. The first kappa shape index (κ1) is 15.1. The van der Waals surface area contributed by atoms with Crippen LogP contribution in [0.25, 0.3) is 10.9 Å². The van der Waals surface area contributed by atoms with E-state index in [1.807, 2.05) is 0 Å². The van der Waals surface area contributed by atoms with Crippen LogP contribution in [0.1, 0.15) is 25.3 Å². The molecule has 0 spiro atoms. The largest absolute Gasteiger partial charge is 0.361 e. The van der Waals surface area contributed by atoms with Gasteiger partial charge in [0.15, 0.2) is 0 Å². The topological polar surface area (TPSA) is 48.1 Å². The predicted molar refractivity (Wildman–Crippen MR) is 89.9 cm³/mol. The number of rotatable bonds is 5. The first-order chi connectivity index (χ1) is 10.7. The number of nitrogens with zero attached hydrogens (tertiary/aromatic N) is 1. The van der Waals surface area contributed by atoms with E-state index in [0.29, 0.717) is 5.92 Å². The van der Waals surface area contributed by atoms with Crippen LogP contribution < -0.4 is 5.32 Å². The summed E-state index contributed by atoms with van der Waals surface area (Å²) < 4.78 is 0. The second-order valence-electron chi connectivity index (χ2n) is 6.33. The van der Waals surface area contributed by atoms with Gasteiger partial charge in [0.1, 0.15) is 0 Å². The first-order valence-corrected chi connectivity index (χ1v) is 8.24. The van der Waals surface area contributed by atoms with E-state index < -0.39 is 0 Å². The fourth-order valence-corrected chi connectivity index (χ4v) is 3.32. The summed E-state index contributed by atoms with van der Waals surface area (Å²) in [5, 5.41) is 4.29. The molecule has 4 nitrogen and oxygen atoms in total. The number of aromatic nitrogens is 1. The summed E-state index contributed by atoms with van der Waals surface area (Å²) in [5.41, 5.74) is 2.64. The smallest absolute Gasteiger partial charge is 0.216 e. The lowest BCUT2D eigenvalue weighted by Gasteiger charge is -2.31. The molecular formula is C18H25N3O. The number of piperidine rings is 1. The Morgan fingerprint density at radius 1 is 1.32 bits per heavy atom. The number of para-hydroxylation sites is 1. The lowest BCUT2D eigenvalue weighted by atomic mass is 9.96. The van der Waals surface area contributed by atoms with Crippen LogP contribution in [0.3, 0.4) is 0 Å². The standard InChI is InChI=1S/C18H25N3O/c1-14(22)19-12-15-6-9-21(10-7-15)11-8-16-13-20-18-5-3-2-4-17(16)18/h2-5,13,15,20H,6-12H2,1H3,(H,19,22). The minimum Gasteiger partial charge on any atom is -0.361 e. The quantitative estimate of drug-likeness (QED) is 0.891. The number of H-pyrrole nitrogens is 1. The van der Waals surface area contributed by atoms with E-state index in [9.17, 15) is 4.79 Å². The molecular weight excluding hydrogens is 274 g/mol. The van der Waals surface area contributed by atoms with E-state index in [-0.39, 0.29) is 5.91 Å². The van der Waals surface area contributed by atoms with Crippen molar-refractivity contribution in [2.45, 2.75) is 26.2 Å². The zero-order chi connectivity index (χ0) is 15.4. The third kappa shape index (κ3) is 3.69. The summed E-state index contributed by atoms with van der Waals surface area (Å²) in [6.07, 6.45) is 5.62. The zero-order valence-corrected chi connectivity index (χ0v) is 13.3. The molecule has 1 amide bonds. The third-order valence-electron chi connectivity index (χ3n) is 4.72. The number of aromatic amines is 1. The van der Waals surface area contributed by atoms with Crippen LogP contribution in [0.2, 0.25) is 0 Å². The van der Waals surface area contributed by atoms with Crippen molar-refractivity contribution in [3.63, 3.8) is 0 Å². The molecule has 0 bridgehead atoms. The number of fused-ring (bicyclic) bond motifs is 1. The Labute approximate surface area is 131 Å². The van der Waals surface area contributed by atoms with Crippen molar-refractivity contribution in [1.82, 2.24) is 15.2 Å². The van der Waals surface area contributed by atoms with Crippen molar-refractivity contribution < 1.29 is 4.79 Å². The summed E-state index contributed by atoms with van der Waals surface area (Å²) in [6, 6.07) is 8.50. The summed E-state index contributed by atoms with van der Waals surface area (Å²) in [5.74, 6) is 0.731. The van der Waals surface area contributed by atoms with Gasteiger partial charge in [-0.2, -0.15) is 0 Å². The molecule has 4 heteroatoms. The Morgan fingerprint density at radius 2 is 2.09 bits per heavy atom. The van der Waals surface area contributed by atoms with Gasteiger partial charge in [-0.15, -0.1) is 0 Å². The van der Waals surface area contributed by atoms with Gasteiger partial charge in [-0.25, -0.2) is 0 Å². The molecule has 3 rings (SSSR count). The van der Waals surface area contributed by atoms with E-state index in [1.54, 1.807) is 6.92 Å². The number of hydrogen-bond acceptors (Lipinski definition) is 2. The maximum atomic E-state index is 11.0. The fourth-order valence-electron chi connectivity index (χ4n) is 3.32. The molecule has 118 valence electrons. The Balaban J connectivity index is 1.46. The number of likely N-dealkylation sites (tertiary alicyclic amines) is 1. The predicted octanol–water partition coefficient (Wildman–Crippen LogP) is 2.56. The highest BCUT2D eigenvalue weighted by molar-refractivity contribution is 5.83. The lowest BCUT2D eigenvalue weighted by Crippen LogP contribution is -2.39. The van der Waals surface area contributed by atoms with Crippen LogP contribution in [0.15, 0.2) is 30.5 Å². The van der Waals surface area contributed by atoms with Crippen LogP contribution in [0, 0.1) is 5.92 Å². The number of amides is 1. The molecule has 2 N–H and O–H groups in total. The molecule has 0 radical (unpaired) electrons. The molecule has 0 aliphatic carbocycles. The molecule has 2 aromatic rings. The highest BCUT2D eigenvalue weighted by Crippen LogP contribution is 2.20. The molecule has 0 atom stereocenters. The monoisotopic (exact) mass is 299 g/mol. The Morgan fingerprint density at radius 3 is 2.86 bits per heavy atom. The molecule has 1 aromatic heterocycles. The second kappa shape index (κ2) is 6.97. The van der Waals surface area contributed by atoms with Crippen LogP contribution >= 0.6 is 0 Å². The van der Waals surface area contributed by atoms with E-state index in [1.165, 1.54) is 29.3 Å². The van der Waals surface area contributed by atoms with Gasteiger partial charge in [0.2, 0.25) is 5.91 Å². The van der Waals surface area contributed by atoms with Crippen molar-refractivity contribution in [2.75, 3.05) is 26.2 Å². The molecule has 1 aliphatic rings. The van der Waals surface area contributed by atoms with Gasteiger partial charge in [0.05, 0.1) is 0 Å². The van der Waals surface area contributed by atoms with E-state index in [4.69, 9.17) is 0 Å². The summed E-state index contributed by atoms with van der Waals surface area (Å²) in [4.78, 5) is 16.9. The Kier molecular flexibility index (Phi) is 4.78. The van der Waals surface area contributed by atoms with Gasteiger partial charge in [0.25, 0.3) is 0 Å². The molecule has 1 aromatic carbocycles. The number of carbonyl (C=O) groups excluding carboxylic acids is 1. The number of hydrogen-bond donors (Lipinski definition) is 2. The highest BCUT2D eigenvalue weighted by Gasteiger charge is 2.19. The van der Waals surface area contributed by atoms with Gasteiger partial charge >= 0.3 is 0 Å². The SMILES string of the molecule is CC(=O)NCC1CCN(CCc2c[nH]c3ccccc23)CC1. The van der Waals surface area contributed by atoms with E-state index in [2.05, 4.69) is 45.7 Å². The van der Waals surface area contributed by atoms with Crippen LogP contribution in [-0.4, -0.2) is 42.0 Å². The van der Waals surface area contributed by atoms with Crippen molar-refractivity contribution in [1.29, 1.82) is 0 Å². The minimum atomic E-state index is 0.0850. The molecule has 2 heterocycles. The maximum absolute atomic E-state index is 11.0. The van der Waals surface area contributed by atoms with Crippen molar-refractivity contribution in [3.05, 3.63) is 36.0 Å². The van der Waals surface area contributed by atoms with Crippen molar-refractivity contribution >= 4 is 16.8 Å². The molecule has 0 saturated carbocycles. The zero-order valence-electron chi connectivity index (χ0n) is 13.3. The number of nitrogens with one attached hydrogen (secondary N) is 2. The summed E-state index contributed by atoms with van der Waals surface area (Å²) >= 11 is 0. The number of benzene rings is 1. The molecule has 1 aliphatic heterocycles. The molecule has 0 unspecified atom stereocenters. The van der Waals surface area contributed by atoms with Crippen LogP contribution in [0.4, 0.5) is 0 Å². The maximum Gasteiger partial charge on any atom is 0.216 e. The summed E-state index contributed by atoms with van der Waals surface area (Å²) in [6.45, 7) is 5.84. The van der Waals surface area contributed by atoms with E-state index >= 15 is 0 Å². The highest BCUT2D eigenvalue weighted by atomic mass is 16.1. The van der Waals surface area contributed by atoms with Crippen LogP contribution in [-0.2, 0) is 11.2 Å². The van der Waals surface area contributed by atoms with Crippen molar-refractivity contribution in [2.24, 2.45) is 5.92 Å². The van der Waals surface area contributed by atoms with Gasteiger partial charge in [-0.1, -0.05) is 18.2 Å². The van der Waals surface area contributed by atoms with Gasteiger partial charge in [-0.05, 0) is 49.9 Å². The molecule has 22 heavy (non-hydrogen) atoms. The lowest BCUT2D eigenvalue weighted by molar-refractivity contribution is -0.119. The third-order valence-corrected chi connectivity index (χ3v) is 4.72. The van der Waals surface area contributed by atoms with Gasteiger partial charge < -0.3 is 15.2 Å². The average Bonchev–Trinajstić information content (AvgIpc) is 2.95.